The van der Waals surface area contributed by atoms with Crippen molar-refractivity contribution in [3.05, 3.63) is 59.2 Å². The van der Waals surface area contributed by atoms with Gasteiger partial charge in [-0.05, 0) is 61.4 Å². The number of hydrazine groups is 1. The number of amides is 3. The minimum Gasteiger partial charge on any atom is -0.484 e. The number of rotatable bonds is 4. The van der Waals surface area contributed by atoms with Crippen molar-refractivity contribution in [3.63, 3.8) is 0 Å². The summed E-state index contributed by atoms with van der Waals surface area (Å²) in [6.45, 7) is 3.72. The molecule has 7 heteroatoms. The molecule has 0 aliphatic rings. The Bertz CT molecular complexity index is 810. The number of nitriles is 1. The summed E-state index contributed by atoms with van der Waals surface area (Å²) in [6.07, 6.45) is 0. The first-order valence-corrected chi connectivity index (χ1v) is 7.54. The van der Waals surface area contributed by atoms with Crippen LogP contribution in [0.2, 0.25) is 0 Å². The average molecular weight is 338 g/mol. The second-order valence-corrected chi connectivity index (χ2v) is 5.35. The molecule has 0 unspecified atom stereocenters. The van der Waals surface area contributed by atoms with E-state index >= 15 is 0 Å². The van der Waals surface area contributed by atoms with Crippen LogP contribution in [0, 0.1) is 25.2 Å². The molecule has 3 amide bonds. The molecule has 0 saturated carbocycles. The zero-order chi connectivity index (χ0) is 18.2. The van der Waals surface area contributed by atoms with Crippen LogP contribution in [-0.4, -0.2) is 18.5 Å². The first kappa shape index (κ1) is 17.8. The van der Waals surface area contributed by atoms with E-state index in [0.29, 0.717) is 17.0 Å². The molecule has 128 valence electrons. The smallest absolute Gasteiger partial charge is 0.337 e. The molecular formula is C18H18N4O3. The molecule has 2 rings (SSSR count). The normalized spacial score (nSPS) is 9.64. The monoisotopic (exact) mass is 338 g/mol. The van der Waals surface area contributed by atoms with Gasteiger partial charge in [0.2, 0.25) is 0 Å². The van der Waals surface area contributed by atoms with Gasteiger partial charge in [-0.15, -0.1) is 0 Å². The van der Waals surface area contributed by atoms with Crippen molar-refractivity contribution < 1.29 is 14.3 Å². The number of hydrogen-bond donors (Lipinski definition) is 3. The second kappa shape index (κ2) is 8.36. The fourth-order valence-electron chi connectivity index (χ4n) is 1.91. The quantitative estimate of drug-likeness (QED) is 0.745. The number of benzene rings is 2. The van der Waals surface area contributed by atoms with Crippen LogP contribution in [0.4, 0.5) is 10.5 Å². The highest BCUT2D eigenvalue weighted by atomic mass is 16.5. The van der Waals surface area contributed by atoms with E-state index in [0.717, 1.165) is 11.1 Å². The van der Waals surface area contributed by atoms with Crippen molar-refractivity contribution >= 4 is 17.6 Å². The van der Waals surface area contributed by atoms with Crippen LogP contribution in [0.5, 0.6) is 5.75 Å². The van der Waals surface area contributed by atoms with E-state index in [9.17, 15) is 9.59 Å². The van der Waals surface area contributed by atoms with Gasteiger partial charge in [0.05, 0.1) is 11.6 Å². The SMILES string of the molecule is Cc1ccc(OCC(=O)NNC(=O)Nc2ccc(C#N)cc2)cc1C. The lowest BCUT2D eigenvalue weighted by atomic mass is 10.1. The summed E-state index contributed by atoms with van der Waals surface area (Å²) in [4.78, 5) is 23.4. The van der Waals surface area contributed by atoms with Gasteiger partial charge < -0.3 is 10.1 Å². The Morgan fingerprint density at radius 3 is 2.40 bits per heavy atom. The number of urea groups is 1. The van der Waals surface area contributed by atoms with Crippen LogP contribution in [0.25, 0.3) is 0 Å². The first-order valence-electron chi connectivity index (χ1n) is 7.54. The maximum absolute atomic E-state index is 11.7. The number of anilines is 1. The third-order valence-corrected chi connectivity index (χ3v) is 3.44. The molecule has 0 spiro atoms. The van der Waals surface area contributed by atoms with E-state index in [-0.39, 0.29) is 6.61 Å². The Balaban J connectivity index is 1.74. The molecule has 0 aliphatic carbocycles. The standard InChI is InChI=1S/C18H18N4O3/c1-12-3-8-16(9-13(12)2)25-11-17(23)21-22-18(24)20-15-6-4-14(10-19)5-7-15/h3-9H,11H2,1-2H3,(H,21,23)(H2,20,22,24). The van der Waals surface area contributed by atoms with E-state index in [4.69, 9.17) is 10.00 Å². The van der Waals surface area contributed by atoms with Crippen molar-refractivity contribution in [2.45, 2.75) is 13.8 Å². The van der Waals surface area contributed by atoms with Crippen molar-refractivity contribution in [3.8, 4) is 11.8 Å². The number of carbonyl (C=O) groups is 2. The van der Waals surface area contributed by atoms with Gasteiger partial charge in [0, 0.05) is 5.69 Å². The molecule has 0 atom stereocenters. The molecule has 3 N–H and O–H groups in total. The topological polar surface area (TPSA) is 103 Å². The summed E-state index contributed by atoms with van der Waals surface area (Å²) in [5.41, 5.74) is 7.66. The van der Waals surface area contributed by atoms with Crippen LogP contribution in [0.3, 0.4) is 0 Å². The predicted octanol–water partition coefficient (Wildman–Crippen LogP) is 2.41. The number of nitrogens with one attached hydrogen (secondary N) is 3. The summed E-state index contributed by atoms with van der Waals surface area (Å²) in [5, 5.41) is 11.2. The van der Waals surface area contributed by atoms with Crippen LogP contribution < -0.4 is 20.9 Å². The Hall–Kier alpha value is -3.53. The van der Waals surface area contributed by atoms with Crippen molar-refractivity contribution in [2.75, 3.05) is 11.9 Å². The highest BCUT2D eigenvalue weighted by Crippen LogP contribution is 2.16. The molecule has 25 heavy (non-hydrogen) atoms. The van der Waals surface area contributed by atoms with E-state index < -0.39 is 11.9 Å². The fourth-order valence-corrected chi connectivity index (χ4v) is 1.91. The molecule has 0 aromatic heterocycles. The number of carbonyl (C=O) groups excluding carboxylic acids is 2. The molecule has 2 aromatic carbocycles. The summed E-state index contributed by atoms with van der Waals surface area (Å²) in [6, 6.07) is 13.2. The summed E-state index contributed by atoms with van der Waals surface area (Å²) in [7, 11) is 0. The maximum Gasteiger partial charge on any atom is 0.337 e. The maximum atomic E-state index is 11.7. The molecule has 0 radical (unpaired) electrons. The molecule has 0 bridgehead atoms. The van der Waals surface area contributed by atoms with E-state index in [1.54, 1.807) is 30.3 Å². The number of nitrogens with zero attached hydrogens (tertiary/aromatic N) is 1. The van der Waals surface area contributed by atoms with Crippen LogP contribution in [-0.2, 0) is 4.79 Å². The fraction of sp³-hybridized carbons (Fsp3) is 0.167. The summed E-state index contributed by atoms with van der Waals surface area (Å²) in [5.74, 6) is 0.0912. The molecule has 0 heterocycles. The van der Waals surface area contributed by atoms with Gasteiger partial charge in [-0.25, -0.2) is 10.2 Å². The number of aryl methyl sites for hydroxylation is 2. The van der Waals surface area contributed by atoms with Gasteiger partial charge in [-0.3, -0.25) is 10.2 Å². The number of hydrogen-bond acceptors (Lipinski definition) is 4. The summed E-state index contributed by atoms with van der Waals surface area (Å²) < 4.78 is 5.37. The Morgan fingerprint density at radius 1 is 1.04 bits per heavy atom. The lowest BCUT2D eigenvalue weighted by Gasteiger charge is -2.10. The van der Waals surface area contributed by atoms with Crippen LogP contribution in [0.15, 0.2) is 42.5 Å². The van der Waals surface area contributed by atoms with E-state index in [1.165, 1.54) is 0 Å². The minimum atomic E-state index is -0.607. The van der Waals surface area contributed by atoms with Crippen molar-refractivity contribution in [1.82, 2.24) is 10.9 Å². The highest BCUT2D eigenvalue weighted by molar-refractivity contribution is 5.91. The molecule has 2 aromatic rings. The van der Waals surface area contributed by atoms with Gasteiger partial charge in [-0.2, -0.15) is 5.26 Å². The third-order valence-electron chi connectivity index (χ3n) is 3.44. The Kier molecular flexibility index (Phi) is 5.96. The van der Waals surface area contributed by atoms with Gasteiger partial charge in [-0.1, -0.05) is 6.07 Å². The first-order chi connectivity index (χ1) is 12.0. The lowest BCUT2D eigenvalue weighted by molar-refractivity contribution is -0.123. The Morgan fingerprint density at radius 2 is 1.76 bits per heavy atom. The van der Waals surface area contributed by atoms with E-state index in [2.05, 4.69) is 16.2 Å². The minimum absolute atomic E-state index is 0.223. The van der Waals surface area contributed by atoms with Gasteiger partial charge in [0.1, 0.15) is 5.75 Å². The molecule has 0 saturated heterocycles. The number of ether oxygens (including phenoxy) is 1. The molecule has 0 fully saturated rings. The van der Waals surface area contributed by atoms with Gasteiger partial charge >= 0.3 is 6.03 Å². The predicted molar refractivity (Wildman–Crippen MR) is 92.9 cm³/mol. The molecular weight excluding hydrogens is 320 g/mol. The van der Waals surface area contributed by atoms with Gasteiger partial charge in [0.15, 0.2) is 6.61 Å². The zero-order valence-corrected chi connectivity index (χ0v) is 13.9. The second-order valence-electron chi connectivity index (χ2n) is 5.35. The van der Waals surface area contributed by atoms with Crippen molar-refractivity contribution in [1.29, 1.82) is 5.26 Å². The van der Waals surface area contributed by atoms with Crippen molar-refractivity contribution in [2.24, 2.45) is 0 Å². The van der Waals surface area contributed by atoms with Gasteiger partial charge in [0.25, 0.3) is 5.91 Å². The van der Waals surface area contributed by atoms with E-state index in [1.807, 2.05) is 32.0 Å². The Labute approximate surface area is 145 Å². The lowest BCUT2D eigenvalue weighted by Crippen LogP contribution is -2.45. The summed E-state index contributed by atoms with van der Waals surface area (Å²) >= 11 is 0. The largest absolute Gasteiger partial charge is 0.484 e. The highest BCUT2D eigenvalue weighted by Gasteiger charge is 2.06. The van der Waals surface area contributed by atoms with Crippen LogP contribution >= 0.6 is 0 Å². The third kappa shape index (κ3) is 5.55. The zero-order valence-electron chi connectivity index (χ0n) is 13.9. The van der Waals surface area contributed by atoms with Crippen LogP contribution in [0.1, 0.15) is 16.7 Å². The molecule has 0 aliphatic heterocycles. The molecule has 7 nitrogen and oxygen atoms in total. The average Bonchev–Trinajstić information content (AvgIpc) is 2.61.